The van der Waals surface area contributed by atoms with E-state index in [1.54, 1.807) is 19.5 Å². The maximum Gasteiger partial charge on any atom is 0.0637 e. The first-order valence-corrected chi connectivity index (χ1v) is 19.5. The molecule has 0 amide bonds. The molecule has 0 fully saturated rings. The molecule has 0 unspecified atom stereocenters. The second-order valence-electron chi connectivity index (χ2n) is 11.2. The fourth-order valence-corrected chi connectivity index (χ4v) is 12.0. The molecule has 41 heavy (non-hydrogen) atoms. The van der Waals surface area contributed by atoms with Gasteiger partial charge in [-0.2, -0.15) is 0 Å². The third kappa shape index (κ3) is 6.60. The van der Waals surface area contributed by atoms with Crippen molar-refractivity contribution >= 4 is 57.5 Å². The minimum atomic E-state index is 1.24. The van der Waals surface area contributed by atoms with Crippen molar-refractivity contribution in [2.24, 2.45) is 0 Å². The van der Waals surface area contributed by atoms with Crippen molar-refractivity contribution in [1.82, 2.24) is 0 Å². The third-order valence-electron chi connectivity index (χ3n) is 8.20. The maximum absolute atomic E-state index is 2.47. The summed E-state index contributed by atoms with van der Waals surface area (Å²) in [6, 6.07) is 28.1. The van der Waals surface area contributed by atoms with E-state index in [0.717, 1.165) is 0 Å². The second kappa shape index (κ2) is 13.3. The summed E-state index contributed by atoms with van der Waals surface area (Å²) in [6.07, 6.45) is 13.4. The summed E-state index contributed by atoms with van der Waals surface area (Å²) in [4.78, 5) is 5.53. The Bertz CT molecular complexity index is 1410. The molecule has 5 heteroatoms. The predicted octanol–water partition coefficient (Wildman–Crippen LogP) is 13.0. The lowest BCUT2D eigenvalue weighted by Gasteiger charge is -2.02. The first-order chi connectivity index (χ1) is 20.3. The Hall–Kier alpha value is -1.76. The van der Waals surface area contributed by atoms with Gasteiger partial charge in [0.05, 0.1) is 8.42 Å². The van der Waals surface area contributed by atoms with Crippen molar-refractivity contribution in [1.29, 1.82) is 0 Å². The Morgan fingerprint density at radius 1 is 0.366 bits per heavy atom. The van der Waals surface area contributed by atoms with Gasteiger partial charge in [-0.1, -0.05) is 74.2 Å². The minimum absolute atomic E-state index is 1.24. The molecule has 5 heterocycles. The zero-order valence-corrected chi connectivity index (χ0v) is 27.5. The average Bonchev–Trinajstić information content (AvgIpc) is 3.76. The molecule has 0 N–H and O–H groups in total. The van der Waals surface area contributed by atoms with Crippen LogP contribution in [-0.2, 0) is 12.8 Å². The summed E-state index contributed by atoms with van der Waals surface area (Å²) in [5.41, 5.74) is 8.49. The molecular weight excluding hydrogens is 593 g/mol. The van der Waals surface area contributed by atoms with E-state index in [-0.39, 0.29) is 0 Å². The van der Waals surface area contributed by atoms with Crippen LogP contribution in [-0.4, -0.2) is 11.5 Å². The van der Waals surface area contributed by atoms with Gasteiger partial charge in [0.1, 0.15) is 0 Å². The Kier molecular flexibility index (Phi) is 9.07. The normalized spacial score (nSPS) is 16.4. The van der Waals surface area contributed by atoms with Gasteiger partial charge in [0, 0.05) is 19.5 Å². The number of rotatable bonds is 4. The smallest absolute Gasteiger partial charge is 0.0637 e. The fraction of sp³-hybridized carbons (Fsp3) is 0.333. The van der Waals surface area contributed by atoms with Gasteiger partial charge in [0.25, 0.3) is 0 Å². The van der Waals surface area contributed by atoms with Crippen molar-refractivity contribution in [2.45, 2.75) is 72.6 Å². The van der Waals surface area contributed by atoms with E-state index >= 15 is 0 Å². The summed E-state index contributed by atoms with van der Waals surface area (Å²) in [6.45, 7) is 0. The van der Waals surface area contributed by atoms with E-state index in [4.69, 9.17) is 0 Å². The molecule has 5 aromatic rings. The van der Waals surface area contributed by atoms with E-state index in [0.29, 0.717) is 0 Å². The van der Waals surface area contributed by atoms with Crippen LogP contribution in [0.3, 0.4) is 0 Å². The third-order valence-corrected chi connectivity index (χ3v) is 14.7. The monoisotopic (exact) mass is 628 g/mol. The quantitative estimate of drug-likeness (QED) is 0.194. The number of aryl methyl sites for hydroxylation is 2. The van der Waals surface area contributed by atoms with E-state index in [1.165, 1.54) is 117 Å². The summed E-state index contributed by atoms with van der Waals surface area (Å²) in [5.74, 6) is 2.54. The first-order valence-electron chi connectivity index (χ1n) is 15.1. The van der Waals surface area contributed by atoms with Gasteiger partial charge in [0.15, 0.2) is 0 Å². The molecule has 0 saturated carbocycles. The molecular formula is C36H36S5. The predicted molar refractivity (Wildman–Crippen MR) is 188 cm³/mol. The van der Waals surface area contributed by atoms with Crippen molar-refractivity contribution in [3.05, 3.63) is 83.9 Å². The zero-order valence-electron chi connectivity index (χ0n) is 23.5. The summed E-state index contributed by atoms with van der Waals surface area (Å²) < 4.78 is 3.11. The molecule has 0 saturated heterocycles. The lowest BCUT2D eigenvalue weighted by Crippen LogP contribution is -1.82. The minimum Gasteiger partial charge on any atom is -0.135 e. The van der Waals surface area contributed by atoms with Gasteiger partial charge < -0.3 is 0 Å². The average molecular weight is 629 g/mol. The highest BCUT2D eigenvalue weighted by Crippen LogP contribution is 2.43. The van der Waals surface area contributed by atoms with Crippen molar-refractivity contribution in [3.8, 4) is 41.8 Å². The van der Waals surface area contributed by atoms with Crippen LogP contribution in [0.25, 0.3) is 41.8 Å². The first kappa shape index (κ1) is 28.0. The molecule has 210 valence electrons. The van der Waals surface area contributed by atoms with Gasteiger partial charge in [-0.05, 0) is 108 Å². The van der Waals surface area contributed by atoms with Crippen molar-refractivity contribution < 1.29 is 0 Å². The molecule has 0 radical (unpaired) electrons. The largest absolute Gasteiger partial charge is 0.135 e. The highest BCUT2D eigenvalue weighted by molar-refractivity contribution is 8.01. The highest BCUT2D eigenvalue weighted by atomic mass is 32.2. The lowest BCUT2D eigenvalue weighted by atomic mass is 10.1. The van der Waals surface area contributed by atoms with Crippen LogP contribution in [0.2, 0.25) is 0 Å². The molecule has 2 aromatic carbocycles. The summed E-state index contributed by atoms with van der Waals surface area (Å²) >= 11 is 10.1. The standard InChI is InChI=1S/C36H36S5/c1-3-7-21-37-35-29(9-5-1)23-33(40-35)27-15-11-25(12-16-27)31-19-20-32(39-31)26-13-17-28(18-14-26)34-24-30-10-6-2-4-8-22-38-36(30)41-34/h11-20,23-24H,1-10,21-22H2. The number of fused-ring (bicyclic) bond motifs is 2. The fourth-order valence-electron chi connectivity index (χ4n) is 5.82. The molecule has 2 aliphatic heterocycles. The molecule has 0 bridgehead atoms. The van der Waals surface area contributed by atoms with Gasteiger partial charge in [-0.15, -0.1) is 57.5 Å². The Morgan fingerprint density at radius 2 is 0.756 bits per heavy atom. The second-order valence-corrected chi connectivity index (χ2v) is 17.1. The number of thiophene rings is 3. The van der Waals surface area contributed by atoms with Crippen LogP contribution >= 0.6 is 57.5 Å². The Labute approximate surface area is 265 Å². The van der Waals surface area contributed by atoms with E-state index in [2.05, 4.69) is 96.3 Å². The van der Waals surface area contributed by atoms with Gasteiger partial charge >= 0.3 is 0 Å². The Balaban J connectivity index is 1.05. The van der Waals surface area contributed by atoms with Crippen LogP contribution in [0, 0.1) is 0 Å². The van der Waals surface area contributed by atoms with Crippen LogP contribution in [0.15, 0.2) is 81.2 Å². The van der Waals surface area contributed by atoms with Crippen LogP contribution in [0.5, 0.6) is 0 Å². The van der Waals surface area contributed by atoms with E-state index in [1.807, 2.05) is 34.0 Å². The lowest BCUT2D eigenvalue weighted by molar-refractivity contribution is 0.672. The van der Waals surface area contributed by atoms with Crippen molar-refractivity contribution in [3.63, 3.8) is 0 Å². The summed E-state index contributed by atoms with van der Waals surface area (Å²) in [7, 11) is 0. The van der Waals surface area contributed by atoms with Gasteiger partial charge in [-0.25, -0.2) is 0 Å². The molecule has 0 atom stereocenters. The van der Waals surface area contributed by atoms with Gasteiger partial charge in [0.2, 0.25) is 0 Å². The number of hydrogen-bond acceptors (Lipinski definition) is 5. The number of benzene rings is 2. The molecule has 3 aromatic heterocycles. The van der Waals surface area contributed by atoms with E-state index in [9.17, 15) is 0 Å². The number of hydrogen-bond donors (Lipinski definition) is 0. The molecule has 0 nitrogen and oxygen atoms in total. The van der Waals surface area contributed by atoms with Crippen LogP contribution in [0.4, 0.5) is 0 Å². The van der Waals surface area contributed by atoms with Crippen LogP contribution < -0.4 is 0 Å². The zero-order chi connectivity index (χ0) is 27.4. The Morgan fingerprint density at radius 3 is 1.20 bits per heavy atom. The SMILES string of the molecule is c1cc(-c2cc3c(s2)SCCCCCC3)ccc1-c1ccc(-c2ccc(-c3cc4c(s3)SCCCCCC4)cc2)s1. The highest BCUT2D eigenvalue weighted by Gasteiger charge is 2.15. The molecule has 0 aliphatic carbocycles. The van der Waals surface area contributed by atoms with Crippen LogP contribution in [0.1, 0.15) is 62.5 Å². The summed E-state index contributed by atoms with van der Waals surface area (Å²) in [5, 5.41) is 0. The topological polar surface area (TPSA) is 0 Å². The van der Waals surface area contributed by atoms with E-state index < -0.39 is 0 Å². The molecule has 7 rings (SSSR count). The van der Waals surface area contributed by atoms with Gasteiger partial charge in [-0.3, -0.25) is 0 Å². The molecule has 0 spiro atoms. The van der Waals surface area contributed by atoms with Crippen molar-refractivity contribution in [2.75, 3.05) is 11.5 Å². The maximum atomic E-state index is 2.47. The molecule has 2 aliphatic rings. The number of thioether (sulfide) groups is 2.